The predicted octanol–water partition coefficient (Wildman–Crippen LogP) is 3.83. The zero-order valence-electron chi connectivity index (χ0n) is 13.1. The van der Waals surface area contributed by atoms with Crippen LogP contribution >= 0.6 is 23.2 Å². The average Bonchev–Trinajstić information content (AvgIpc) is 2.66. The molecule has 26 heavy (non-hydrogen) atoms. The fourth-order valence-corrected chi connectivity index (χ4v) is 2.68. The zero-order chi connectivity index (χ0) is 18.5. The lowest BCUT2D eigenvalue weighted by atomic mass is 10.2. The maximum Gasteiger partial charge on any atom is 0.251 e. The molecule has 0 unspecified atom stereocenters. The van der Waals surface area contributed by atoms with Gasteiger partial charge in [0.15, 0.2) is 0 Å². The molecule has 8 nitrogen and oxygen atoms in total. The first-order chi connectivity index (χ1) is 12.6. The molecule has 0 aliphatic heterocycles. The van der Waals surface area contributed by atoms with Crippen LogP contribution in [0.25, 0.3) is 0 Å². The van der Waals surface area contributed by atoms with Crippen LogP contribution in [0.1, 0.15) is 5.56 Å². The fourth-order valence-electron chi connectivity index (χ4n) is 2.11. The maximum atomic E-state index is 9.53. The molecule has 3 aromatic rings. The Kier molecular flexibility index (Phi) is 5.46. The standard InChI is InChI=1S/C16H11Cl2N7O/c17-12-2-1-3-13(18)14(12)25(24-26)16-21-9-20-15(23-16)22-11-6-4-10(8-19)5-7-11/h1-7,9,24,26H,(H,20,21,22,23). The molecular weight excluding hydrogens is 377 g/mol. The zero-order valence-corrected chi connectivity index (χ0v) is 14.6. The van der Waals surface area contributed by atoms with Gasteiger partial charge in [0.1, 0.15) is 12.0 Å². The molecule has 0 aliphatic carbocycles. The highest BCUT2D eigenvalue weighted by Gasteiger charge is 2.19. The van der Waals surface area contributed by atoms with E-state index in [1.54, 1.807) is 42.5 Å². The van der Waals surface area contributed by atoms with Gasteiger partial charge in [-0.1, -0.05) is 29.3 Å². The molecule has 0 amide bonds. The first-order valence-corrected chi connectivity index (χ1v) is 7.98. The van der Waals surface area contributed by atoms with Crippen molar-refractivity contribution in [3.8, 4) is 6.07 Å². The van der Waals surface area contributed by atoms with E-state index in [2.05, 4.69) is 20.3 Å². The van der Waals surface area contributed by atoms with Crippen LogP contribution in [0.5, 0.6) is 0 Å². The predicted molar refractivity (Wildman–Crippen MR) is 97.8 cm³/mol. The summed E-state index contributed by atoms with van der Waals surface area (Å²) in [7, 11) is 0. The second kappa shape index (κ2) is 7.95. The quantitative estimate of drug-likeness (QED) is 0.566. The molecular formula is C16H11Cl2N7O. The van der Waals surface area contributed by atoms with Crippen molar-refractivity contribution in [2.75, 3.05) is 10.3 Å². The molecule has 0 saturated carbocycles. The Balaban J connectivity index is 1.91. The number of hydrazine groups is 1. The van der Waals surface area contributed by atoms with Crippen molar-refractivity contribution in [1.29, 1.82) is 5.26 Å². The number of rotatable bonds is 5. The van der Waals surface area contributed by atoms with Crippen LogP contribution in [0, 0.1) is 11.3 Å². The Morgan fingerprint density at radius 2 is 1.73 bits per heavy atom. The number of aromatic nitrogens is 3. The highest BCUT2D eigenvalue weighted by atomic mass is 35.5. The molecule has 0 spiro atoms. The summed E-state index contributed by atoms with van der Waals surface area (Å²) in [5, 5.41) is 23.1. The summed E-state index contributed by atoms with van der Waals surface area (Å²) in [5.41, 5.74) is 3.48. The number of nitrogens with one attached hydrogen (secondary N) is 2. The molecule has 0 radical (unpaired) electrons. The third kappa shape index (κ3) is 3.82. The smallest absolute Gasteiger partial charge is 0.251 e. The lowest BCUT2D eigenvalue weighted by Gasteiger charge is -2.22. The van der Waals surface area contributed by atoms with Crippen LogP contribution in [0.15, 0.2) is 48.8 Å². The molecule has 0 atom stereocenters. The summed E-state index contributed by atoms with van der Waals surface area (Å²) in [6.07, 6.45) is 1.27. The van der Waals surface area contributed by atoms with E-state index in [-0.39, 0.29) is 17.6 Å². The highest BCUT2D eigenvalue weighted by molar-refractivity contribution is 6.39. The number of hydrogen-bond acceptors (Lipinski definition) is 8. The minimum Gasteiger partial charge on any atom is -0.324 e. The Morgan fingerprint density at radius 3 is 2.35 bits per heavy atom. The molecule has 0 aliphatic rings. The van der Waals surface area contributed by atoms with Crippen molar-refractivity contribution in [3.05, 3.63) is 64.4 Å². The van der Waals surface area contributed by atoms with Gasteiger partial charge in [0.05, 0.1) is 21.7 Å². The van der Waals surface area contributed by atoms with Crippen molar-refractivity contribution >= 4 is 46.5 Å². The van der Waals surface area contributed by atoms with Crippen LogP contribution in [0.4, 0.5) is 23.3 Å². The molecule has 3 rings (SSSR count). The van der Waals surface area contributed by atoms with Crippen molar-refractivity contribution in [1.82, 2.24) is 20.5 Å². The summed E-state index contributed by atoms with van der Waals surface area (Å²) < 4.78 is 0. The average molecular weight is 388 g/mol. The molecule has 0 saturated heterocycles. The first-order valence-electron chi connectivity index (χ1n) is 7.22. The Hall–Kier alpha value is -2.96. The highest BCUT2D eigenvalue weighted by Crippen LogP contribution is 2.35. The van der Waals surface area contributed by atoms with Crippen LogP contribution < -0.4 is 15.9 Å². The van der Waals surface area contributed by atoms with E-state index in [0.29, 0.717) is 21.3 Å². The molecule has 10 heteroatoms. The van der Waals surface area contributed by atoms with E-state index in [1.807, 2.05) is 11.7 Å². The van der Waals surface area contributed by atoms with E-state index in [1.165, 1.54) is 6.33 Å². The molecule has 2 aromatic carbocycles. The molecule has 0 bridgehead atoms. The topological polar surface area (TPSA) is 110 Å². The van der Waals surface area contributed by atoms with E-state index in [9.17, 15) is 5.21 Å². The Morgan fingerprint density at radius 1 is 1.04 bits per heavy atom. The SMILES string of the molecule is N#Cc1ccc(Nc2ncnc(N(NO)c3c(Cl)cccc3Cl)n2)cc1. The third-order valence-electron chi connectivity index (χ3n) is 3.29. The number of anilines is 4. The fraction of sp³-hybridized carbons (Fsp3) is 0. The van der Waals surface area contributed by atoms with Crippen molar-refractivity contribution in [3.63, 3.8) is 0 Å². The number of para-hydroxylation sites is 1. The lowest BCUT2D eigenvalue weighted by Crippen LogP contribution is -2.33. The minimum absolute atomic E-state index is 0.0636. The number of nitrogens with zero attached hydrogens (tertiary/aromatic N) is 5. The van der Waals surface area contributed by atoms with Gasteiger partial charge in [-0.25, -0.2) is 9.99 Å². The van der Waals surface area contributed by atoms with E-state index >= 15 is 0 Å². The maximum absolute atomic E-state index is 9.53. The van der Waals surface area contributed by atoms with Gasteiger partial charge < -0.3 is 5.32 Å². The van der Waals surface area contributed by atoms with Gasteiger partial charge in [0, 0.05) is 5.69 Å². The van der Waals surface area contributed by atoms with Crippen LogP contribution in [-0.4, -0.2) is 20.2 Å². The van der Waals surface area contributed by atoms with Gasteiger partial charge in [-0.3, -0.25) is 5.21 Å². The van der Waals surface area contributed by atoms with Crippen LogP contribution in [0.2, 0.25) is 10.0 Å². The van der Waals surface area contributed by atoms with E-state index < -0.39 is 0 Å². The second-order valence-corrected chi connectivity index (χ2v) is 5.74. The number of hydrogen-bond donors (Lipinski definition) is 3. The number of benzene rings is 2. The van der Waals surface area contributed by atoms with Gasteiger partial charge in [0.2, 0.25) is 5.95 Å². The van der Waals surface area contributed by atoms with Crippen LogP contribution in [0.3, 0.4) is 0 Å². The van der Waals surface area contributed by atoms with Gasteiger partial charge in [-0.05, 0) is 36.4 Å². The summed E-state index contributed by atoms with van der Waals surface area (Å²) in [6, 6.07) is 13.7. The monoisotopic (exact) mass is 387 g/mol. The summed E-state index contributed by atoms with van der Waals surface area (Å²) >= 11 is 12.3. The van der Waals surface area contributed by atoms with Gasteiger partial charge in [-0.2, -0.15) is 15.2 Å². The third-order valence-corrected chi connectivity index (χ3v) is 3.90. The van der Waals surface area contributed by atoms with Gasteiger partial charge in [-0.15, -0.1) is 5.59 Å². The van der Waals surface area contributed by atoms with Crippen LogP contribution in [-0.2, 0) is 0 Å². The Bertz CT molecular complexity index is 939. The number of nitriles is 1. The first kappa shape index (κ1) is 17.8. The number of halogens is 2. The molecule has 3 N–H and O–H groups in total. The summed E-state index contributed by atoms with van der Waals surface area (Å²) in [4.78, 5) is 12.3. The molecule has 1 heterocycles. The summed E-state index contributed by atoms with van der Waals surface area (Å²) in [6.45, 7) is 0. The Labute approximate surface area is 158 Å². The van der Waals surface area contributed by atoms with Gasteiger partial charge in [0.25, 0.3) is 5.95 Å². The van der Waals surface area contributed by atoms with Gasteiger partial charge >= 0.3 is 0 Å². The van der Waals surface area contributed by atoms with Crippen molar-refractivity contribution in [2.45, 2.75) is 0 Å². The lowest BCUT2D eigenvalue weighted by molar-refractivity contribution is 0.166. The molecule has 130 valence electrons. The largest absolute Gasteiger partial charge is 0.324 e. The van der Waals surface area contributed by atoms with E-state index in [4.69, 9.17) is 28.5 Å². The summed E-state index contributed by atoms with van der Waals surface area (Å²) in [5.74, 6) is 0.289. The van der Waals surface area contributed by atoms with E-state index in [0.717, 1.165) is 5.01 Å². The molecule has 1 aromatic heterocycles. The second-order valence-electron chi connectivity index (χ2n) is 4.93. The minimum atomic E-state index is 0.0636. The van der Waals surface area contributed by atoms with Crippen molar-refractivity contribution in [2.24, 2.45) is 0 Å². The van der Waals surface area contributed by atoms with Crippen molar-refractivity contribution < 1.29 is 5.21 Å². The normalized spacial score (nSPS) is 10.2. The molecule has 0 fully saturated rings.